The molecule has 0 atom stereocenters. The van der Waals surface area contributed by atoms with Crippen molar-refractivity contribution in [1.82, 2.24) is 9.78 Å². The third kappa shape index (κ3) is 3.50. The second-order valence-electron chi connectivity index (χ2n) is 5.62. The lowest BCUT2D eigenvalue weighted by molar-refractivity contribution is 0.102. The highest BCUT2D eigenvalue weighted by Crippen LogP contribution is 2.22. The van der Waals surface area contributed by atoms with Gasteiger partial charge in [-0.05, 0) is 44.9 Å². The molecule has 1 N–H and O–H groups in total. The molecule has 0 saturated carbocycles. The second-order valence-corrected chi connectivity index (χ2v) is 7.53. The molecule has 0 aliphatic carbocycles. The van der Waals surface area contributed by atoms with E-state index in [9.17, 15) is 4.79 Å². The summed E-state index contributed by atoms with van der Waals surface area (Å²) in [5.41, 5.74) is 0.630. The standard InChI is InChI=1S/C19H14BrN3OS/c20-16-10-17(25-12-16)11-23-18(7-8-21-23)22-19(24)15-6-5-13-3-1-2-4-14(13)9-15/h1-10,12H,11H2,(H,22,24). The number of hydrogen-bond donors (Lipinski definition) is 1. The van der Waals surface area contributed by atoms with Crippen molar-refractivity contribution in [3.8, 4) is 0 Å². The topological polar surface area (TPSA) is 46.9 Å². The third-order valence-electron chi connectivity index (χ3n) is 3.90. The van der Waals surface area contributed by atoms with Crippen LogP contribution in [0.25, 0.3) is 10.8 Å². The summed E-state index contributed by atoms with van der Waals surface area (Å²) in [6.45, 7) is 0.622. The molecule has 0 bridgehead atoms. The summed E-state index contributed by atoms with van der Waals surface area (Å²) in [7, 11) is 0. The lowest BCUT2D eigenvalue weighted by atomic mass is 10.1. The number of amides is 1. The number of thiophene rings is 1. The van der Waals surface area contributed by atoms with Crippen LogP contribution in [0.5, 0.6) is 0 Å². The van der Waals surface area contributed by atoms with Crippen molar-refractivity contribution in [3.05, 3.63) is 81.1 Å². The molecule has 6 heteroatoms. The predicted octanol–water partition coefficient (Wildman–Crippen LogP) is 5.16. The number of aromatic nitrogens is 2. The molecule has 0 radical (unpaired) electrons. The quantitative estimate of drug-likeness (QED) is 0.503. The molecule has 0 fully saturated rings. The van der Waals surface area contributed by atoms with E-state index in [0.717, 1.165) is 20.1 Å². The Morgan fingerprint density at radius 1 is 1.12 bits per heavy atom. The minimum absolute atomic E-state index is 0.139. The van der Waals surface area contributed by atoms with Gasteiger partial charge in [-0.1, -0.05) is 30.3 Å². The Hall–Kier alpha value is -2.44. The molecular formula is C19H14BrN3OS. The lowest BCUT2D eigenvalue weighted by Crippen LogP contribution is -2.16. The maximum Gasteiger partial charge on any atom is 0.256 e. The van der Waals surface area contributed by atoms with Crippen LogP contribution in [0.2, 0.25) is 0 Å². The van der Waals surface area contributed by atoms with Crippen molar-refractivity contribution in [2.24, 2.45) is 0 Å². The van der Waals surface area contributed by atoms with Crippen LogP contribution in [-0.2, 0) is 6.54 Å². The molecule has 4 aromatic rings. The number of benzene rings is 2. The molecule has 0 aliphatic heterocycles. The maximum absolute atomic E-state index is 12.6. The Morgan fingerprint density at radius 3 is 2.76 bits per heavy atom. The van der Waals surface area contributed by atoms with Gasteiger partial charge in [0, 0.05) is 26.4 Å². The Balaban J connectivity index is 1.55. The Bertz CT molecular complexity index is 1050. The summed E-state index contributed by atoms with van der Waals surface area (Å²) in [5, 5.41) is 11.5. The van der Waals surface area contributed by atoms with Crippen LogP contribution in [0.15, 0.2) is 70.6 Å². The molecule has 1 amide bonds. The first-order valence-electron chi connectivity index (χ1n) is 7.74. The van der Waals surface area contributed by atoms with Crippen LogP contribution < -0.4 is 5.32 Å². The van der Waals surface area contributed by atoms with E-state index in [2.05, 4.69) is 32.4 Å². The second kappa shape index (κ2) is 6.82. The van der Waals surface area contributed by atoms with Gasteiger partial charge in [-0.3, -0.25) is 4.79 Å². The Labute approximate surface area is 157 Å². The number of rotatable bonds is 4. The van der Waals surface area contributed by atoms with Crippen molar-refractivity contribution in [2.75, 3.05) is 5.32 Å². The van der Waals surface area contributed by atoms with E-state index < -0.39 is 0 Å². The Kier molecular flexibility index (Phi) is 4.38. The molecule has 4 rings (SSSR count). The molecule has 25 heavy (non-hydrogen) atoms. The summed E-state index contributed by atoms with van der Waals surface area (Å²) in [6, 6.07) is 17.6. The highest BCUT2D eigenvalue weighted by Gasteiger charge is 2.11. The zero-order valence-electron chi connectivity index (χ0n) is 13.1. The van der Waals surface area contributed by atoms with Gasteiger partial charge in [0.25, 0.3) is 5.91 Å². The van der Waals surface area contributed by atoms with Crippen LogP contribution >= 0.6 is 27.3 Å². The number of halogens is 1. The fraction of sp³-hybridized carbons (Fsp3) is 0.0526. The van der Waals surface area contributed by atoms with Crippen molar-refractivity contribution >= 4 is 49.8 Å². The van der Waals surface area contributed by atoms with Crippen LogP contribution in [0, 0.1) is 0 Å². The fourth-order valence-electron chi connectivity index (χ4n) is 2.67. The van der Waals surface area contributed by atoms with Gasteiger partial charge in [-0.2, -0.15) is 5.10 Å². The minimum Gasteiger partial charge on any atom is -0.307 e. The van der Waals surface area contributed by atoms with Gasteiger partial charge in [0.05, 0.1) is 12.7 Å². The average Bonchev–Trinajstić information content (AvgIpc) is 3.24. The van der Waals surface area contributed by atoms with Crippen molar-refractivity contribution in [1.29, 1.82) is 0 Å². The molecule has 0 aliphatic rings. The van der Waals surface area contributed by atoms with Crippen molar-refractivity contribution in [3.63, 3.8) is 0 Å². The summed E-state index contributed by atoms with van der Waals surface area (Å²) in [5.74, 6) is 0.544. The minimum atomic E-state index is -0.139. The number of hydrogen-bond acceptors (Lipinski definition) is 3. The van der Waals surface area contributed by atoms with E-state index in [1.54, 1.807) is 22.2 Å². The van der Waals surface area contributed by atoms with Gasteiger partial charge < -0.3 is 5.32 Å². The first-order valence-corrected chi connectivity index (χ1v) is 9.41. The lowest BCUT2D eigenvalue weighted by Gasteiger charge is -2.09. The van der Waals surface area contributed by atoms with Gasteiger partial charge in [0.2, 0.25) is 0 Å². The number of fused-ring (bicyclic) bond motifs is 1. The highest BCUT2D eigenvalue weighted by atomic mass is 79.9. The van der Waals surface area contributed by atoms with E-state index >= 15 is 0 Å². The Morgan fingerprint density at radius 2 is 1.96 bits per heavy atom. The zero-order valence-corrected chi connectivity index (χ0v) is 15.5. The number of anilines is 1. The number of nitrogens with one attached hydrogen (secondary N) is 1. The summed E-state index contributed by atoms with van der Waals surface area (Å²) in [6.07, 6.45) is 1.69. The molecule has 124 valence electrons. The predicted molar refractivity (Wildman–Crippen MR) is 105 cm³/mol. The van der Waals surface area contributed by atoms with Crippen LogP contribution in [0.3, 0.4) is 0 Å². The SMILES string of the molecule is O=C(Nc1ccnn1Cc1cc(Br)cs1)c1ccc2ccccc2c1. The van der Waals surface area contributed by atoms with Gasteiger partial charge in [-0.15, -0.1) is 11.3 Å². The fourth-order valence-corrected chi connectivity index (χ4v) is 4.10. The zero-order chi connectivity index (χ0) is 17.2. The summed E-state index contributed by atoms with van der Waals surface area (Å²) in [4.78, 5) is 13.8. The third-order valence-corrected chi connectivity index (χ3v) is 5.58. The first kappa shape index (κ1) is 16.1. The number of nitrogens with zero attached hydrogens (tertiary/aromatic N) is 2. The largest absolute Gasteiger partial charge is 0.307 e. The highest BCUT2D eigenvalue weighted by molar-refractivity contribution is 9.10. The van der Waals surface area contributed by atoms with Crippen LogP contribution in [-0.4, -0.2) is 15.7 Å². The molecule has 0 spiro atoms. The van der Waals surface area contributed by atoms with Gasteiger partial charge >= 0.3 is 0 Å². The van der Waals surface area contributed by atoms with E-state index in [4.69, 9.17) is 0 Å². The molecule has 4 nitrogen and oxygen atoms in total. The van der Waals surface area contributed by atoms with E-state index in [1.807, 2.05) is 53.9 Å². The molecule has 0 saturated heterocycles. The van der Waals surface area contributed by atoms with Crippen molar-refractivity contribution in [2.45, 2.75) is 6.54 Å². The number of carbonyl (C=O) groups is 1. The summed E-state index contributed by atoms with van der Waals surface area (Å²) < 4.78 is 2.85. The monoisotopic (exact) mass is 411 g/mol. The average molecular weight is 412 g/mol. The van der Waals surface area contributed by atoms with E-state index in [0.29, 0.717) is 17.9 Å². The van der Waals surface area contributed by atoms with Gasteiger partial charge in [-0.25, -0.2) is 4.68 Å². The van der Waals surface area contributed by atoms with E-state index in [-0.39, 0.29) is 5.91 Å². The van der Waals surface area contributed by atoms with E-state index in [1.165, 1.54) is 0 Å². The molecular weight excluding hydrogens is 398 g/mol. The van der Waals surface area contributed by atoms with Gasteiger partial charge in [0.1, 0.15) is 5.82 Å². The smallest absolute Gasteiger partial charge is 0.256 e. The van der Waals surface area contributed by atoms with Gasteiger partial charge in [0.15, 0.2) is 0 Å². The van der Waals surface area contributed by atoms with Crippen LogP contribution in [0.4, 0.5) is 5.82 Å². The summed E-state index contributed by atoms with van der Waals surface area (Å²) >= 11 is 5.11. The number of carbonyl (C=O) groups excluding carboxylic acids is 1. The normalized spacial score (nSPS) is 10.9. The molecule has 2 aromatic heterocycles. The molecule has 2 heterocycles. The van der Waals surface area contributed by atoms with Crippen LogP contribution in [0.1, 0.15) is 15.2 Å². The first-order chi connectivity index (χ1) is 12.2. The molecule has 0 unspecified atom stereocenters. The molecule has 2 aromatic carbocycles. The van der Waals surface area contributed by atoms with Crippen molar-refractivity contribution < 1.29 is 4.79 Å². The maximum atomic E-state index is 12.6.